The van der Waals surface area contributed by atoms with Crippen LogP contribution in [0.25, 0.3) is 0 Å². The lowest BCUT2D eigenvalue weighted by Crippen LogP contribution is -2.53. The van der Waals surface area contributed by atoms with Crippen LogP contribution in [0.2, 0.25) is 0 Å². The zero-order valence-corrected chi connectivity index (χ0v) is 14.0. The molecule has 2 heterocycles. The van der Waals surface area contributed by atoms with E-state index < -0.39 is 0 Å². The number of benzene rings is 1. The summed E-state index contributed by atoms with van der Waals surface area (Å²) < 4.78 is 10.6. The molecule has 2 aliphatic heterocycles. The molecule has 2 fully saturated rings. The lowest BCUT2D eigenvalue weighted by Gasteiger charge is -2.43. The molecule has 3 rings (SSSR count). The molecular weight excluding hydrogens is 310 g/mol. The van der Waals surface area contributed by atoms with Gasteiger partial charge in [-0.3, -0.25) is 14.9 Å². The first kappa shape index (κ1) is 16.7. The predicted molar refractivity (Wildman–Crippen MR) is 89.7 cm³/mol. The van der Waals surface area contributed by atoms with Crippen LogP contribution in [0.5, 0.6) is 0 Å². The van der Waals surface area contributed by atoms with E-state index in [0.717, 1.165) is 24.5 Å². The molecule has 7 nitrogen and oxygen atoms in total. The summed E-state index contributed by atoms with van der Waals surface area (Å²) in [5.74, 6) is -0.0847. The molecule has 7 heteroatoms. The SMILES string of the molecule is COC(OC)C1CN(c2ccc(NC3CCC(=O)NC3=O)cc2)C1. The first-order valence-corrected chi connectivity index (χ1v) is 8.11. The Bertz CT molecular complexity index is 594. The molecule has 0 aromatic heterocycles. The Balaban J connectivity index is 1.53. The molecular formula is C17H23N3O4. The number of methoxy groups -OCH3 is 2. The van der Waals surface area contributed by atoms with Gasteiger partial charge < -0.3 is 19.7 Å². The second-order valence-corrected chi connectivity index (χ2v) is 6.20. The van der Waals surface area contributed by atoms with Gasteiger partial charge in [0.15, 0.2) is 6.29 Å². The number of hydrogen-bond acceptors (Lipinski definition) is 6. The fraction of sp³-hybridized carbons (Fsp3) is 0.529. The molecule has 0 bridgehead atoms. The topological polar surface area (TPSA) is 79.9 Å². The largest absolute Gasteiger partial charge is 0.374 e. The van der Waals surface area contributed by atoms with Gasteiger partial charge in [-0.1, -0.05) is 0 Å². The molecule has 130 valence electrons. The molecule has 1 aromatic carbocycles. The van der Waals surface area contributed by atoms with Gasteiger partial charge in [0.2, 0.25) is 11.8 Å². The molecule has 24 heavy (non-hydrogen) atoms. The fourth-order valence-corrected chi connectivity index (χ4v) is 3.18. The number of amides is 2. The summed E-state index contributed by atoms with van der Waals surface area (Å²) in [7, 11) is 3.32. The van der Waals surface area contributed by atoms with Crippen molar-refractivity contribution in [1.82, 2.24) is 5.32 Å². The van der Waals surface area contributed by atoms with Crippen LogP contribution in [0.3, 0.4) is 0 Å². The number of ether oxygens (including phenoxy) is 2. The van der Waals surface area contributed by atoms with Crippen LogP contribution in [0.1, 0.15) is 12.8 Å². The third kappa shape index (κ3) is 3.52. The molecule has 0 saturated carbocycles. The highest BCUT2D eigenvalue weighted by Gasteiger charge is 2.34. The summed E-state index contributed by atoms with van der Waals surface area (Å²) in [6, 6.07) is 7.61. The van der Waals surface area contributed by atoms with Crippen molar-refractivity contribution in [2.75, 3.05) is 37.5 Å². The minimum atomic E-state index is -0.355. The number of nitrogens with zero attached hydrogens (tertiary/aromatic N) is 1. The molecule has 2 N–H and O–H groups in total. The van der Waals surface area contributed by atoms with Crippen molar-refractivity contribution in [3.05, 3.63) is 24.3 Å². The number of hydrogen-bond donors (Lipinski definition) is 2. The summed E-state index contributed by atoms with van der Waals surface area (Å²) in [4.78, 5) is 25.2. The van der Waals surface area contributed by atoms with E-state index in [-0.39, 0.29) is 24.1 Å². The first-order chi connectivity index (χ1) is 11.6. The van der Waals surface area contributed by atoms with Crippen LogP contribution in [-0.4, -0.2) is 51.5 Å². The standard InChI is InChI=1S/C17H23N3O4/c1-23-17(24-2)11-9-20(10-11)13-5-3-12(4-6-13)18-14-7-8-15(21)19-16(14)22/h3-6,11,14,17-18H,7-10H2,1-2H3,(H,19,21,22). The van der Waals surface area contributed by atoms with Gasteiger partial charge in [-0.2, -0.15) is 0 Å². The highest BCUT2D eigenvalue weighted by Crippen LogP contribution is 2.29. The quantitative estimate of drug-likeness (QED) is 0.596. The molecule has 1 atom stereocenters. The van der Waals surface area contributed by atoms with E-state index >= 15 is 0 Å². The zero-order valence-electron chi connectivity index (χ0n) is 14.0. The molecule has 0 spiro atoms. The Kier molecular flexibility index (Phi) is 5.01. The van der Waals surface area contributed by atoms with E-state index in [9.17, 15) is 9.59 Å². The van der Waals surface area contributed by atoms with Crippen LogP contribution in [0.4, 0.5) is 11.4 Å². The van der Waals surface area contributed by atoms with Gasteiger partial charge in [-0.25, -0.2) is 0 Å². The van der Waals surface area contributed by atoms with Gasteiger partial charge in [0.25, 0.3) is 0 Å². The average molecular weight is 333 g/mol. The van der Waals surface area contributed by atoms with Crippen molar-refractivity contribution in [2.45, 2.75) is 25.2 Å². The van der Waals surface area contributed by atoms with Gasteiger partial charge in [-0.05, 0) is 30.7 Å². The van der Waals surface area contributed by atoms with Crippen LogP contribution in [0.15, 0.2) is 24.3 Å². The summed E-state index contributed by atoms with van der Waals surface area (Å²) >= 11 is 0. The fourth-order valence-electron chi connectivity index (χ4n) is 3.18. The Hall–Kier alpha value is -2.12. The average Bonchev–Trinajstić information content (AvgIpc) is 2.54. The Morgan fingerprint density at radius 1 is 1.17 bits per heavy atom. The van der Waals surface area contributed by atoms with Gasteiger partial charge in [-0.15, -0.1) is 0 Å². The monoisotopic (exact) mass is 333 g/mol. The minimum absolute atomic E-state index is 0.158. The normalized spacial score (nSPS) is 21.6. The van der Waals surface area contributed by atoms with Gasteiger partial charge in [0.05, 0.1) is 0 Å². The predicted octanol–water partition coefficient (Wildman–Crippen LogP) is 0.959. The molecule has 2 aliphatic rings. The lowest BCUT2D eigenvalue weighted by atomic mass is 9.98. The van der Waals surface area contributed by atoms with Gasteiger partial charge in [0, 0.05) is 51.0 Å². The van der Waals surface area contributed by atoms with Crippen molar-refractivity contribution in [3.63, 3.8) is 0 Å². The van der Waals surface area contributed by atoms with E-state index in [1.165, 1.54) is 0 Å². The third-order valence-electron chi connectivity index (χ3n) is 4.57. The maximum absolute atomic E-state index is 11.8. The first-order valence-electron chi connectivity index (χ1n) is 8.11. The van der Waals surface area contributed by atoms with Crippen LogP contribution in [0, 0.1) is 5.92 Å². The van der Waals surface area contributed by atoms with E-state index in [1.54, 1.807) is 14.2 Å². The van der Waals surface area contributed by atoms with Crippen molar-refractivity contribution in [2.24, 2.45) is 5.92 Å². The molecule has 0 aliphatic carbocycles. The van der Waals surface area contributed by atoms with Crippen LogP contribution in [-0.2, 0) is 19.1 Å². The number of piperidine rings is 1. The second-order valence-electron chi connectivity index (χ2n) is 6.20. The number of carbonyl (C=O) groups is 2. The van der Waals surface area contributed by atoms with E-state index in [2.05, 4.69) is 15.5 Å². The number of anilines is 2. The summed E-state index contributed by atoms with van der Waals surface area (Å²) in [6.07, 6.45) is 0.738. The summed E-state index contributed by atoms with van der Waals surface area (Å²) in [5.41, 5.74) is 2.00. The van der Waals surface area contributed by atoms with Crippen LogP contribution < -0.4 is 15.5 Å². The molecule has 2 amide bonds. The van der Waals surface area contributed by atoms with E-state index in [4.69, 9.17) is 9.47 Å². The van der Waals surface area contributed by atoms with Crippen molar-refractivity contribution >= 4 is 23.2 Å². The Morgan fingerprint density at radius 2 is 1.83 bits per heavy atom. The highest BCUT2D eigenvalue weighted by molar-refractivity contribution is 6.01. The lowest BCUT2D eigenvalue weighted by molar-refractivity contribution is -0.142. The summed E-state index contributed by atoms with van der Waals surface area (Å²) in [6.45, 7) is 1.79. The summed E-state index contributed by atoms with van der Waals surface area (Å²) in [5, 5.41) is 5.53. The van der Waals surface area contributed by atoms with Crippen molar-refractivity contribution in [1.29, 1.82) is 0 Å². The van der Waals surface area contributed by atoms with Gasteiger partial charge in [0.1, 0.15) is 6.04 Å². The number of rotatable bonds is 6. The number of imide groups is 1. The third-order valence-corrected chi connectivity index (χ3v) is 4.57. The second kappa shape index (κ2) is 7.19. The number of carbonyl (C=O) groups excluding carboxylic acids is 2. The van der Waals surface area contributed by atoms with Crippen molar-refractivity contribution in [3.8, 4) is 0 Å². The molecule has 2 saturated heterocycles. The minimum Gasteiger partial charge on any atom is -0.374 e. The molecule has 1 unspecified atom stereocenters. The maximum Gasteiger partial charge on any atom is 0.249 e. The van der Waals surface area contributed by atoms with Crippen molar-refractivity contribution < 1.29 is 19.1 Å². The van der Waals surface area contributed by atoms with Gasteiger partial charge >= 0.3 is 0 Å². The molecule has 1 aromatic rings. The Labute approximate surface area is 141 Å². The van der Waals surface area contributed by atoms with E-state index in [1.807, 2.05) is 24.3 Å². The molecule has 0 radical (unpaired) electrons. The zero-order chi connectivity index (χ0) is 17.1. The Morgan fingerprint density at radius 3 is 2.42 bits per heavy atom. The van der Waals surface area contributed by atoms with E-state index in [0.29, 0.717) is 18.8 Å². The highest BCUT2D eigenvalue weighted by atomic mass is 16.7. The van der Waals surface area contributed by atoms with Crippen LogP contribution >= 0.6 is 0 Å². The number of nitrogens with one attached hydrogen (secondary N) is 2. The maximum atomic E-state index is 11.8. The smallest absolute Gasteiger partial charge is 0.249 e.